The number of benzene rings is 2. The Morgan fingerprint density at radius 3 is 2.68 bits per heavy atom. The summed E-state index contributed by atoms with van der Waals surface area (Å²) in [5.41, 5.74) is 2.88. The molecule has 0 aliphatic carbocycles. The van der Waals surface area contributed by atoms with Crippen LogP contribution in [0.1, 0.15) is 17.7 Å². The molecule has 1 amide bonds. The number of carbonyl (C=O) groups excluding carboxylic acids is 1. The quantitative estimate of drug-likeness (QED) is 0.704. The van der Waals surface area contributed by atoms with Crippen LogP contribution in [0.4, 0.5) is 10.1 Å². The van der Waals surface area contributed by atoms with Crippen molar-refractivity contribution in [2.45, 2.75) is 26.3 Å². The summed E-state index contributed by atoms with van der Waals surface area (Å²) in [6, 6.07) is 15.0. The highest BCUT2D eigenvalue weighted by Gasteiger charge is 2.23. The predicted octanol–water partition coefficient (Wildman–Crippen LogP) is 3.34. The van der Waals surface area contributed by atoms with Gasteiger partial charge in [-0.3, -0.25) is 14.2 Å². The smallest absolute Gasteiger partial charge is 0.254 e. The molecule has 0 bridgehead atoms. The van der Waals surface area contributed by atoms with E-state index in [0.717, 1.165) is 24.1 Å². The molecule has 6 heteroatoms. The first-order valence-electron chi connectivity index (χ1n) is 9.25. The number of halogens is 1. The molecule has 0 N–H and O–H groups in total. The topological polar surface area (TPSA) is 55.2 Å². The zero-order chi connectivity index (χ0) is 19.7. The molecule has 0 atom stereocenters. The van der Waals surface area contributed by atoms with Crippen molar-refractivity contribution in [1.82, 2.24) is 9.55 Å². The molecule has 5 nitrogen and oxygen atoms in total. The van der Waals surface area contributed by atoms with Crippen molar-refractivity contribution in [3.8, 4) is 11.4 Å². The number of fused-ring (bicyclic) bond motifs is 1. The van der Waals surface area contributed by atoms with Gasteiger partial charge in [-0.05, 0) is 55.7 Å². The van der Waals surface area contributed by atoms with Crippen molar-refractivity contribution in [1.29, 1.82) is 0 Å². The second kappa shape index (κ2) is 7.38. The summed E-state index contributed by atoms with van der Waals surface area (Å²) in [5, 5.41) is 0. The summed E-state index contributed by atoms with van der Waals surface area (Å²) >= 11 is 0. The molecule has 0 unspecified atom stereocenters. The van der Waals surface area contributed by atoms with Gasteiger partial charge in [-0.15, -0.1) is 0 Å². The van der Waals surface area contributed by atoms with Crippen LogP contribution in [-0.2, 0) is 17.8 Å². The maximum atomic E-state index is 13.3. The molecular formula is C22H20FN3O2. The van der Waals surface area contributed by atoms with Gasteiger partial charge in [0.15, 0.2) is 0 Å². The number of aryl methyl sites for hydroxylation is 2. The van der Waals surface area contributed by atoms with E-state index in [1.807, 2.05) is 24.3 Å². The number of rotatable bonds is 3. The third-order valence-electron chi connectivity index (χ3n) is 4.94. The van der Waals surface area contributed by atoms with E-state index >= 15 is 0 Å². The lowest BCUT2D eigenvalue weighted by atomic mass is 10.0. The molecule has 28 heavy (non-hydrogen) atoms. The maximum absolute atomic E-state index is 13.3. The summed E-state index contributed by atoms with van der Waals surface area (Å²) < 4.78 is 14.7. The zero-order valence-corrected chi connectivity index (χ0v) is 15.6. The van der Waals surface area contributed by atoms with Crippen LogP contribution >= 0.6 is 0 Å². The summed E-state index contributed by atoms with van der Waals surface area (Å²) in [6.07, 6.45) is 1.82. The lowest BCUT2D eigenvalue weighted by Crippen LogP contribution is -2.40. The third-order valence-corrected chi connectivity index (χ3v) is 4.94. The van der Waals surface area contributed by atoms with Crippen molar-refractivity contribution in [2.24, 2.45) is 0 Å². The van der Waals surface area contributed by atoms with Crippen molar-refractivity contribution < 1.29 is 9.18 Å². The summed E-state index contributed by atoms with van der Waals surface area (Å²) in [7, 11) is 0. The van der Waals surface area contributed by atoms with Gasteiger partial charge in [0.1, 0.15) is 18.2 Å². The SMILES string of the molecule is Cc1cc(=O)n(CC(=O)N2CCCc3ccccc32)c(-c2ccc(F)cc2)n1. The fraction of sp³-hybridized carbons (Fsp3) is 0.227. The molecule has 1 aliphatic rings. The average Bonchev–Trinajstić information content (AvgIpc) is 2.70. The highest BCUT2D eigenvalue weighted by atomic mass is 19.1. The van der Waals surface area contributed by atoms with Crippen LogP contribution in [0.5, 0.6) is 0 Å². The minimum Gasteiger partial charge on any atom is -0.311 e. The van der Waals surface area contributed by atoms with E-state index in [2.05, 4.69) is 4.98 Å². The van der Waals surface area contributed by atoms with Crippen LogP contribution in [0, 0.1) is 12.7 Å². The monoisotopic (exact) mass is 377 g/mol. The molecule has 0 spiro atoms. The highest BCUT2D eigenvalue weighted by Crippen LogP contribution is 2.27. The molecule has 0 saturated heterocycles. The molecule has 3 aromatic rings. The number of aromatic nitrogens is 2. The molecule has 4 rings (SSSR count). The fourth-order valence-electron chi connectivity index (χ4n) is 3.61. The molecule has 1 aromatic heterocycles. The first-order valence-corrected chi connectivity index (χ1v) is 9.25. The number of amides is 1. The predicted molar refractivity (Wildman–Crippen MR) is 106 cm³/mol. The Hall–Kier alpha value is -3.28. The van der Waals surface area contributed by atoms with Crippen molar-refractivity contribution in [3.05, 3.63) is 82.0 Å². The summed E-state index contributed by atoms with van der Waals surface area (Å²) in [6.45, 7) is 2.23. The first-order chi connectivity index (χ1) is 13.5. The maximum Gasteiger partial charge on any atom is 0.254 e. The Labute approximate surface area is 162 Å². The minimum absolute atomic E-state index is 0.118. The molecule has 0 radical (unpaired) electrons. The largest absolute Gasteiger partial charge is 0.311 e. The number of hydrogen-bond acceptors (Lipinski definition) is 3. The van der Waals surface area contributed by atoms with E-state index in [4.69, 9.17) is 0 Å². The normalized spacial score (nSPS) is 13.3. The van der Waals surface area contributed by atoms with Crippen molar-refractivity contribution >= 4 is 11.6 Å². The number of carbonyl (C=O) groups is 1. The molecule has 2 heterocycles. The van der Waals surface area contributed by atoms with Gasteiger partial charge in [0.2, 0.25) is 5.91 Å². The van der Waals surface area contributed by atoms with Gasteiger partial charge in [0.05, 0.1) is 0 Å². The highest BCUT2D eigenvalue weighted by molar-refractivity contribution is 5.94. The second-order valence-corrected chi connectivity index (χ2v) is 6.93. The molecule has 0 fully saturated rings. The van der Waals surface area contributed by atoms with E-state index in [0.29, 0.717) is 23.6 Å². The van der Waals surface area contributed by atoms with E-state index < -0.39 is 0 Å². The number of anilines is 1. The van der Waals surface area contributed by atoms with Gasteiger partial charge in [-0.2, -0.15) is 0 Å². The fourth-order valence-corrected chi connectivity index (χ4v) is 3.61. The van der Waals surface area contributed by atoms with Crippen LogP contribution in [0.15, 0.2) is 59.4 Å². The molecule has 142 valence electrons. The molecule has 1 aliphatic heterocycles. The molecule has 2 aromatic carbocycles. The Kier molecular flexibility index (Phi) is 4.77. The van der Waals surface area contributed by atoms with Gasteiger partial charge in [-0.25, -0.2) is 9.37 Å². The molecular weight excluding hydrogens is 357 g/mol. The Bertz CT molecular complexity index is 1090. The van der Waals surface area contributed by atoms with Crippen LogP contribution < -0.4 is 10.5 Å². The van der Waals surface area contributed by atoms with E-state index in [1.165, 1.54) is 22.8 Å². The average molecular weight is 377 g/mol. The van der Waals surface area contributed by atoms with Gasteiger partial charge >= 0.3 is 0 Å². The van der Waals surface area contributed by atoms with Crippen LogP contribution in [0.2, 0.25) is 0 Å². The first kappa shape index (κ1) is 18.1. The van der Waals surface area contributed by atoms with E-state index in [1.54, 1.807) is 24.0 Å². The standard InChI is InChI=1S/C22H20FN3O2/c1-15-13-20(27)26(22(24-15)17-8-10-18(23)11-9-17)14-21(28)25-12-4-6-16-5-2-3-7-19(16)25/h2-3,5,7-11,13H,4,6,12,14H2,1H3. The van der Waals surface area contributed by atoms with Crippen molar-refractivity contribution in [2.75, 3.05) is 11.4 Å². The van der Waals surface area contributed by atoms with Crippen molar-refractivity contribution in [3.63, 3.8) is 0 Å². The Balaban J connectivity index is 1.72. The lowest BCUT2D eigenvalue weighted by molar-refractivity contribution is -0.119. The Morgan fingerprint density at radius 1 is 1.14 bits per heavy atom. The number of para-hydroxylation sites is 1. The van der Waals surface area contributed by atoms with Gasteiger partial charge in [-0.1, -0.05) is 18.2 Å². The number of hydrogen-bond donors (Lipinski definition) is 0. The van der Waals surface area contributed by atoms with Gasteiger partial charge in [0.25, 0.3) is 5.56 Å². The third kappa shape index (κ3) is 3.45. The second-order valence-electron chi connectivity index (χ2n) is 6.93. The zero-order valence-electron chi connectivity index (χ0n) is 15.6. The minimum atomic E-state index is -0.369. The van der Waals surface area contributed by atoms with E-state index in [-0.39, 0.29) is 23.8 Å². The van der Waals surface area contributed by atoms with Crippen LogP contribution in [0.3, 0.4) is 0 Å². The van der Waals surface area contributed by atoms with Gasteiger partial charge < -0.3 is 4.90 Å². The Morgan fingerprint density at radius 2 is 1.89 bits per heavy atom. The van der Waals surface area contributed by atoms with E-state index in [9.17, 15) is 14.0 Å². The lowest BCUT2D eigenvalue weighted by Gasteiger charge is -2.30. The summed E-state index contributed by atoms with van der Waals surface area (Å²) in [5.74, 6) is -0.168. The number of nitrogens with zero attached hydrogens (tertiary/aromatic N) is 3. The van der Waals surface area contributed by atoms with Gasteiger partial charge in [0, 0.05) is 29.6 Å². The van der Waals surface area contributed by atoms with Crippen LogP contribution in [-0.4, -0.2) is 22.0 Å². The summed E-state index contributed by atoms with van der Waals surface area (Å²) in [4.78, 5) is 31.9. The molecule has 0 saturated carbocycles. The van der Waals surface area contributed by atoms with Crippen LogP contribution in [0.25, 0.3) is 11.4 Å².